The molecule has 0 spiro atoms. The molecule has 18 heavy (non-hydrogen) atoms. The summed E-state index contributed by atoms with van der Waals surface area (Å²) in [5.74, 6) is 1.73. The fourth-order valence-electron chi connectivity index (χ4n) is 2.14. The summed E-state index contributed by atoms with van der Waals surface area (Å²) >= 11 is 0. The normalized spacial score (nSPS) is 12.5. The van der Waals surface area contributed by atoms with Crippen LogP contribution in [-0.2, 0) is 11.2 Å². The lowest BCUT2D eigenvalue weighted by atomic mass is 10.1. The molecule has 0 amide bonds. The van der Waals surface area contributed by atoms with Crippen molar-refractivity contribution in [3.8, 4) is 0 Å². The quantitative estimate of drug-likeness (QED) is 0.808. The second kappa shape index (κ2) is 7.31. The maximum Gasteiger partial charge on any atom is 0.159 e. The zero-order valence-electron chi connectivity index (χ0n) is 12.2. The molecule has 1 heterocycles. The van der Waals surface area contributed by atoms with Gasteiger partial charge in [-0.05, 0) is 26.7 Å². The highest BCUT2D eigenvalue weighted by Gasteiger charge is 2.17. The van der Waals surface area contributed by atoms with Crippen molar-refractivity contribution in [2.24, 2.45) is 0 Å². The Bertz CT molecular complexity index is 374. The first-order valence-corrected chi connectivity index (χ1v) is 6.84. The van der Waals surface area contributed by atoms with E-state index in [9.17, 15) is 0 Å². The minimum Gasteiger partial charge on any atom is -0.373 e. The van der Waals surface area contributed by atoms with Crippen LogP contribution in [0.25, 0.3) is 0 Å². The molecule has 1 rings (SSSR count). The number of hydrogen-bond acceptors (Lipinski definition) is 4. The molecule has 1 N–H and O–H groups in total. The zero-order valence-corrected chi connectivity index (χ0v) is 12.2. The van der Waals surface area contributed by atoms with E-state index in [1.807, 2.05) is 20.9 Å². The van der Waals surface area contributed by atoms with Crippen LogP contribution in [-0.4, -0.2) is 23.6 Å². The summed E-state index contributed by atoms with van der Waals surface area (Å²) in [5.41, 5.74) is 2.24. The molecule has 1 aromatic heterocycles. The highest BCUT2D eigenvalue weighted by Crippen LogP contribution is 2.24. The maximum atomic E-state index is 5.74. The number of nitrogens with one attached hydrogen (secondary N) is 1. The van der Waals surface area contributed by atoms with Gasteiger partial charge in [-0.15, -0.1) is 0 Å². The molecule has 0 fully saturated rings. The summed E-state index contributed by atoms with van der Waals surface area (Å²) in [6.07, 6.45) is 2.98. The van der Waals surface area contributed by atoms with E-state index in [0.717, 1.165) is 36.6 Å². The van der Waals surface area contributed by atoms with Crippen LogP contribution in [0.2, 0.25) is 0 Å². The number of rotatable bonds is 7. The third-order valence-electron chi connectivity index (χ3n) is 3.03. The van der Waals surface area contributed by atoms with Gasteiger partial charge in [-0.3, -0.25) is 0 Å². The van der Waals surface area contributed by atoms with E-state index in [0.29, 0.717) is 6.61 Å². The monoisotopic (exact) mass is 251 g/mol. The molecule has 0 aromatic carbocycles. The SMILES string of the molecule is CCCC(OCC)c1nc(C)c(CC)c(NC)n1. The Morgan fingerprint density at radius 3 is 2.44 bits per heavy atom. The van der Waals surface area contributed by atoms with Gasteiger partial charge in [0.1, 0.15) is 11.9 Å². The highest BCUT2D eigenvalue weighted by atomic mass is 16.5. The second-order valence-electron chi connectivity index (χ2n) is 4.33. The fourth-order valence-corrected chi connectivity index (χ4v) is 2.14. The topological polar surface area (TPSA) is 47.0 Å². The van der Waals surface area contributed by atoms with Crippen molar-refractivity contribution in [3.05, 3.63) is 17.1 Å². The lowest BCUT2D eigenvalue weighted by Crippen LogP contribution is -2.13. The lowest BCUT2D eigenvalue weighted by Gasteiger charge is -2.18. The Balaban J connectivity index is 3.11. The number of nitrogens with zero attached hydrogens (tertiary/aromatic N) is 2. The summed E-state index contributed by atoms with van der Waals surface area (Å²) in [6, 6.07) is 0. The third-order valence-corrected chi connectivity index (χ3v) is 3.03. The van der Waals surface area contributed by atoms with Crippen molar-refractivity contribution < 1.29 is 4.74 Å². The van der Waals surface area contributed by atoms with Gasteiger partial charge < -0.3 is 10.1 Å². The molecule has 0 aliphatic heterocycles. The van der Waals surface area contributed by atoms with Crippen molar-refractivity contribution in [2.45, 2.75) is 53.1 Å². The Morgan fingerprint density at radius 1 is 1.22 bits per heavy atom. The minimum atomic E-state index is 0.0108. The predicted molar refractivity (Wildman–Crippen MR) is 75.0 cm³/mol. The van der Waals surface area contributed by atoms with Gasteiger partial charge in [0.25, 0.3) is 0 Å². The number of anilines is 1. The average molecular weight is 251 g/mol. The Kier molecular flexibility index (Phi) is 6.05. The van der Waals surface area contributed by atoms with Crippen molar-refractivity contribution in [1.82, 2.24) is 9.97 Å². The third kappa shape index (κ3) is 3.42. The van der Waals surface area contributed by atoms with E-state index in [2.05, 4.69) is 29.1 Å². The fraction of sp³-hybridized carbons (Fsp3) is 0.714. The van der Waals surface area contributed by atoms with Crippen LogP contribution in [0.4, 0.5) is 5.82 Å². The summed E-state index contributed by atoms with van der Waals surface area (Å²) in [5, 5.41) is 3.16. The molecular formula is C14H25N3O. The lowest BCUT2D eigenvalue weighted by molar-refractivity contribution is 0.0493. The molecule has 0 saturated carbocycles. The van der Waals surface area contributed by atoms with E-state index in [1.54, 1.807) is 0 Å². The minimum absolute atomic E-state index is 0.0108. The van der Waals surface area contributed by atoms with Crippen molar-refractivity contribution >= 4 is 5.82 Å². The molecule has 4 heteroatoms. The molecule has 0 aliphatic carbocycles. The van der Waals surface area contributed by atoms with E-state index in [4.69, 9.17) is 4.74 Å². The summed E-state index contributed by atoms with van der Waals surface area (Å²) in [6.45, 7) is 9.02. The second-order valence-corrected chi connectivity index (χ2v) is 4.33. The van der Waals surface area contributed by atoms with Gasteiger partial charge in [-0.1, -0.05) is 20.3 Å². The Labute approximate surface area is 110 Å². The largest absolute Gasteiger partial charge is 0.373 e. The van der Waals surface area contributed by atoms with Gasteiger partial charge in [0.2, 0.25) is 0 Å². The van der Waals surface area contributed by atoms with Gasteiger partial charge in [0, 0.05) is 24.9 Å². The molecular weight excluding hydrogens is 226 g/mol. The summed E-state index contributed by atoms with van der Waals surface area (Å²) < 4.78 is 5.74. The molecule has 102 valence electrons. The number of aromatic nitrogens is 2. The van der Waals surface area contributed by atoms with E-state index >= 15 is 0 Å². The van der Waals surface area contributed by atoms with Crippen molar-refractivity contribution in [1.29, 1.82) is 0 Å². The maximum absolute atomic E-state index is 5.74. The summed E-state index contributed by atoms with van der Waals surface area (Å²) in [4.78, 5) is 9.23. The van der Waals surface area contributed by atoms with Crippen LogP contribution in [0, 0.1) is 6.92 Å². The van der Waals surface area contributed by atoms with Gasteiger partial charge >= 0.3 is 0 Å². The van der Waals surface area contributed by atoms with Gasteiger partial charge in [-0.2, -0.15) is 0 Å². The first kappa shape index (κ1) is 14.9. The Morgan fingerprint density at radius 2 is 1.94 bits per heavy atom. The van der Waals surface area contributed by atoms with Crippen LogP contribution in [0.15, 0.2) is 0 Å². The smallest absolute Gasteiger partial charge is 0.159 e. The highest BCUT2D eigenvalue weighted by molar-refractivity contribution is 5.46. The molecule has 1 unspecified atom stereocenters. The van der Waals surface area contributed by atoms with Crippen molar-refractivity contribution in [2.75, 3.05) is 19.0 Å². The van der Waals surface area contributed by atoms with E-state index < -0.39 is 0 Å². The molecule has 0 bridgehead atoms. The van der Waals surface area contributed by atoms with Gasteiger partial charge in [0.15, 0.2) is 5.82 Å². The zero-order chi connectivity index (χ0) is 13.5. The first-order valence-electron chi connectivity index (χ1n) is 6.84. The molecule has 0 radical (unpaired) electrons. The number of ether oxygens (including phenoxy) is 1. The number of hydrogen-bond donors (Lipinski definition) is 1. The summed E-state index contributed by atoms with van der Waals surface area (Å²) in [7, 11) is 1.90. The molecule has 1 atom stereocenters. The standard InChI is InChI=1S/C14H25N3O/c1-6-9-12(18-8-3)14-16-10(4)11(7-2)13(15-5)17-14/h12H,6-9H2,1-5H3,(H,15,16,17). The molecule has 1 aromatic rings. The van der Waals surface area contributed by atoms with Gasteiger partial charge in [-0.25, -0.2) is 9.97 Å². The predicted octanol–water partition coefficient (Wildman–Crippen LogP) is 3.27. The van der Waals surface area contributed by atoms with E-state index in [-0.39, 0.29) is 6.10 Å². The van der Waals surface area contributed by atoms with Crippen LogP contribution in [0.3, 0.4) is 0 Å². The van der Waals surface area contributed by atoms with Crippen LogP contribution < -0.4 is 5.32 Å². The van der Waals surface area contributed by atoms with Gasteiger partial charge in [0.05, 0.1) is 0 Å². The van der Waals surface area contributed by atoms with E-state index in [1.165, 1.54) is 5.56 Å². The van der Waals surface area contributed by atoms with Crippen molar-refractivity contribution in [3.63, 3.8) is 0 Å². The Hall–Kier alpha value is -1.16. The van der Waals surface area contributed by atoms with Crippen LogP contribution >= 0.6 is 0 Å². The molecule has 0 saturated heterocycles. The van der Waals surface area contributed by atoms with Crippen LogP contribution in [0.1, 0.15) is 56.8 Å². The average Bonchev–Trinajstić information content (AvgIpc) is 2.37. The first-order chi connectivity index (χ1) is 8.67. The van der Waals surface area contributed by atoms with Crippen LogP contribution in [0.5, 0.6) is 0 Å². The molecule has 0 aliphatic rings. The number of aryl methyl sites for hydroxylation is 1. The molecule has 4 nitrogen and oxygen atoms in total.